The zero-order chi connectivity index (χ0) is 12.0. The number of fused-ring (bicyclic) bond motifs is 1. The largest absolute Gasteiger partial charge is 0.381 e. The third-order valence-corrected chi connectivity index (χ3v) is 3.61. The molecule has 17 heavy (non-hydrogen) atoms. The van der Waals surface area contributed by atoms with E-state index in [1.807, 2.05) is 24.9 Å². The van der Waals surface area contributed by atoms with Crippen molar-refractivity contribution in [3.63, 3.8) is 0 Å². The van der Waals surface area contributed by atoms with Crippen LogP contribution in [0.1, 0.15) is 25.5 Å². The van der Waals surface area contributed by atoms with Gasteiger partial charge < -0.3 is 5.32 Å². The molecule has 90 valence electrons. The zero-order valence-corrected chi connectivity index (χ0v) is 10.6. The molecule has 3 rings (SSSR count). The summed E-state index contributed by atoms with van der Waals surface area (Å²) in [5.74, 6) is 0.865. The van der Waals surface area contributed by atoms with Gasteiger partial charge in [-0.1, -0.05) is 6.92 Å². The minimum absolute atomic E-state index is 0.626. The van der Waals surface area contributed by atoms with Crippen molar-refractivity contribution in [3.8, 4) is 0 Å². The van der Waals surface area contributed by atoms with Crippen molar-refractivity contribution >= 4 is 16.7 Å². The highest BCUT2D eigenvalue weighted by molar-refractivity contribution is 5.81. The van der Waals surface area contributed by atoms with E-state index in [2.05, 4.69) is 28.4 Å². The average molecular weight is 230 g/mol. The lowest BCUT2D eigenvalue weighted by Gasteiger charge is -2.33. The molecule has 0 unspecified atom stereocenters. The first-order chi connectivity index (χ1) is 8.13. The fourth-order valence-electron chi connectivity index (χ4n) is 2.64. The van der Waals surface area contributed by atoms with Crippen LogP contribution < -0.4 is 5.32 Å². The molecule has 1 aliphatic carbocycles. The van der Waals surface area contributed by atoms with Crippen LogP contribution in [0.25, 0.3) is 11.0 Å². The standard InChI is InChI=1S/C13H18N4/c1-8-4-10(5-8)15-11-6-12-9(2)16-17(3)13(12)14-7-11/h6-8,10,15H,4-5H2,1-3H3. The predicted octanol–water partition coefficient (Wildman–Crippen LogP) is 2.49. The summed E-state index contributed by atoms with van der Waals surface area (Å²) in [6.07, 6.45) is 4.44. The lowest BCUT2D eigenvalue weighted by atomic mass is 9.82. The van der Waals surface area contributed by atoms with Gasteiger partial charge in [0.25, 0.3) is 0 Å². The number of rotatable bonds is 2. The lowest BCUT2D eigenvalue weighted by Crippen LogP contribution is -2.33. The summed E-state index contributed by atoms with van der Waals surface area (Å²) in [7, 11) is 1.93. The topological polar surface area (TPSA) is 42.7 Å². The Morgan fingerprint density at radius 3 is 2.88 bits per heavy atom. The molecule has 0 bridgehead atoms. The molecule has 0 aromatic carbocycles. The molecule has 4 nitrogen and oxygen atoms in total. The maximum Gasteiger partial charge on any atom is 0.157 e. The van der Waals surface area contributed by atoms with Crippen LogP contribution in [0.5, 0.6) is 0 Å². The van der Waals surface area contributed by atoms with Gasteiger partial charge in [0.1, 0.15) is 0 Å². The van der Waals surface area contributed by atoms with E-state index in [4.69, 9.17) is 0 Å². The van der Waals surface area contributed by atoms with Gasteiger partial charge in [-0.15, -0.1) is 0 Å². The minimum Gasteiger partial charge on any atom is -0.381 e. The van der Waals surface area contributed by atoms with E-state index in [1.54, 1.807) is 0 Å². The lowest BCUT2D eigenvalue weighted by molar-refractivity contribution is 0.309. The van der Waals surface area contributed by atoms with E-state index in [9.17, 15) is 0 Å². The molecule has 0 atom stereocenters. The molecule has 1 aliphatic rings. The molecule has 2 aromatic heterocycles. The van der Waals surface area contributed by atoms with Gasteiger partial charge in [-0.3, -0.25) is 4.68 Å². The number of anilines is 1. The second kappa shape index (κ2) is 3.72. The Bertz CT molecular complexity index is 552. The number of pyridine rings is 1. The summed E-state index contributed by atoms with van der Waals surface area (Å²) in [5.41, 5.74) is 3.11. The Hall–Kier alpha value is -1.58. The molecule has 2 aromatic rings. The van der Waals surface area contributed by atoms with Crippen LogP contribution in [0.15, 0.2) is 12.3 Å². The van der Waals surface area contributed by atoms with Crippen molar-refractivity contribution < 1.29 is 0 Å². The molecule has 0 radical (unpaired) electrons. The van der Waals surface area contributed by atoms with Gasteiger partial charge in [-0.05, 0) is 31.7 Å². The fraction of sp³-hybridized carbons (Fsp3) is 0.538. The second-order valence-electron chi connectivity index (χ2n) is 5.22. The zero-order valence-electron chi connectivity index (χ0n) is 10.6. The Morgan fingerprint density at radius 1 is 1.41 bits per heavy atom. The highest BCUT2D eigenvalue weighted by atomic mass is 15.3. The number of nitrogens with one attached hydrogen (secondary N) is 1. The monoisotopic (exact) mass is 230 g/mol. The SMILES string of the molecule is Cc1nn(C)c2ncc(NC3CC(C)C3)cc12. The Kier molecular flexibility index (Phi) is 2.31. The Labute approximate surface area is 101 Å². The molecule has 2 heterocycles. The van der Waals surface area contributed by atoms with Gasteiger partial charge in [-0.2, -0.15) is 5.10 Å². The number of nitrogens with zero attached hydrogens (tertiary/aromatic N) is 3. The third kappa shape index (κ3) is 1.77. The van der Waals surface area contributed by atoms with Crippen molar-refractivity contribution in [2.24, 2.45) is 13.0 Å². The molecule has 0 aliphatic heterocycles. The molecule has 0 amide bonds. The normalized spacial score (nSPS) is 23.7. The molecule has 0 saturated heterocycles. The van der Waals surface area contributed by atoms with Crippen LogP contribution in [0.3, 0.4) is 0 Å². The summed E-state index contributed by atoms with van der Waals surface area (Å²) in [6, 6.07) is 2.79. The van der Waals surface area contributed by atoms with Crippen LogP contribution in [0, 0.1) is 12.8 Å². The molecule has 1 N–H and O–H groups in total. The van der Waals surface area contributed by atoms with Gasteiger partial charge in [0.2, 0.25) is 0 Å². The molecule has 1 fully saturated rings. The smallest absolute Gasteiger partial charge is 0.157 e. The van der Waals surface area contributed by atoms with Crippen LogP contribution in [-0.4, -0.2) is 20.8 Å². The predicted molar refractivity (Wildman–Crippen MR) is 69.1 cm³/mol. The molecule has 4 heteroatoms. The van der Waals surface area contributed by atoms with Crippen LogP contribution in [0.2, 0.25) is 0 Å². The Morgan fingerprint density at radius 2 is 2.18 bits per heavy atom. The molecule has 1 saturated carbocycles. The highest BCUT2D eigenvalue weighted by Gasteiger charge is 2.25. The van der Waals surface area contributed by atoms with Gasteiger partial charge in [0.05, 0.1) is 17.6 Å². The summed E-state index contributed by atoms with van der Waals surface area (Å²) in [5, 5.41) is 9.06. The van der Waals surface area contributed by atoms with Gasteiger partial charge in [0.15, 0.2) is 5.65 Å². The van der Waals surface area contributed by atoms with Crippen molar-refractivity contribution in [1.29, 1.82) is 0 Å². The van der Waals surface area contributed by atoms with Gasteiger partial charge in [-0.25, -0.2) is 4.98 Å². The average Bonchev–Trinajstić information content (AvgIpc) is 2.53. The van der Waals surface area contributed by atoms with E-state index in [0.717, 1.165) is 28.3 Å². The summed E-state index contributed by atoms with van der Waals surface area (Å²) in [6.45, 7) is 4.32. The number of hydrogen-bond acceptors (Lipinski definition) is 3. The van der Waals surface area contributed by atoms with Crippen molar-refractivity contribution in [2.45, 2.75) is 32.7 Å². The number of aryl methyl sites for hydroxylation is 2. The minimum atomic E-state index is 0.626. The van der Waals surface area contributed by atoms with E-state index >= 15 is 0 Å². The first kappa shape index (κ1) is 10.6. The maximum absolute atomic E-state index is 4.47. The molecular weight excluding hydrogens is 212 g/mol. The first-order valence-corrected chi connectivity index (χ1v) is 6.19. The van der Waals surface area contributed by atoms with Crippen LogP contribution >= 0.6 is 0 Å². The van der Waals surface area contributed by atoms with E-state index in [-0.39, 0.29) is 0 Å². The van der Waals surface area contributed by atoms with Crippen molar-refractivity contribution in [3.05, 3.63) is 18.0 Å². The molecular formula is C13H18N4. The van der Waals surface area contributed by atoms with Crippen molar-refractivity contribution in [1.82, 2.24) is 14.8 Å². The van der Waals surface area contributed by atoms with Crippen molar-refractivity contribution in [2.75, 3.05) is 5.32 Å². The third-order valence-electron chi connectivity index (χ3n) is 3.61. The highest BCUT2D eigenvalue weighted by Crippen LogP contribution is 2.30. The maximum atomic E-state index is 4.47. The summed E-state index contributed by atoms with van der Waals surface area (Å²) >= 11 is 0. The number of hydrogen-bond donors (Lipinski definition) is 1. The first-order valence-electron chi connectivity index (χ1n) is 6.19. The van der Waals surface area contributed by atoms with Gasteiger partial charge in [0, 0.05) is 18.5 Å². The van der Waals surface area contributed by atoms with Crippen LogP contribution in [-0.2, 0) is 7.05 Å². The fourth-order valence-corrected chi connectivity index (χ4v) is 2.64. The van der Waals surface area contributed by atoms with E-state index in [1.165, 1.54) is 12.8 Å². The summed E-state index contributed by atoms with van der Waals surface area (Å²) in [4.78, 5) is 4.47. The summed E-state index contributed by atoms with van der Waals surface area (Å²) < 4.78 is 1.83. The number of aromatic nitrogens is 3. The second-order valence-corrected chi connectivity index (χ2v) is 5.22. The van der Waals surface area contributed by atoms with E-state index < -0.39 is 0 Å². The van der Waals surface area contributed by atoms with E-state index in [0.29, 0.717) is 6.04 Å². The molecule has 0 spiro atoms. The quantitative estimate of drug-likeness (QED) is 0.862. The van der Waals surface area contributed by atoms with Crippen LogP contribution in [0.4, 0.5) is 5.69 Å². The Balaban J connectivity index is 1.88. The van der Waals surface area contributed by atoms with Gasteiger partial charge >= 0.3 is 0 Å².